The van der Waals surface area contributed by atoms with Crippen molar-refractivity contribution in [2.24, 2.45) is 11.5 Å². The molecule has 0 aromatic heterocycles. The molecule has 0 aromatic rings. The number of aliphatic hydroxyl groups is 16. The zero-order valence-electron chi connectivity index (χ0n) is 46.0. The molecule has 38 nitrogen and oxygen atoms in total. The molecule has 0 radical (unpaired) electrons. The number of amides is 1. The number of aliphatic hydroxyl groups excluding tert-OH is 16. The summed E-state index contributed by atoms with van der Waals surface area (Å²) in [6, 6.07) is -3.54. The molecule has 32 atom stereocenters. The minimum absolute atomic E-state index is 0.199. The Kier molecular flexibility index (Phi) is 28.5. The van der Waals surface area contributed by atoms with E-state index >= 15 is 0 Å². The summed E-state index contributed by atoms with van der Waals surface area (Å²) >= 11 is 4.12. The van der Waals surface area contributed by atoms with Gasteiger partial charge in [-0.05, 0) is 18.6 Å². The van der Waals surface area contributed by atoms with E-state index in [0.717, 1.165) is 19.8 Å². The number of ether oxygens (including phenoxy) is 10. The van der Waals surface area contributed by atoms with Gasteiger partial charge < -0.3 is 156 Å². The minimum atomic E-state index is -5.15. The zero-order valence-corrected chi connectivity index (χ0v) is 48.7. The van der Waals surface area contributed by atoms with Crippen LogP contribution in [-0.2, 0) is 79.4 Å². The minimum Gasteiger partial charge on any atom is -0.394 e. The van der Waals surface area contributed by atoms with Crippen LogP contribution in [0.4, 0.5) is 0 Å². The first kappa shape index (κ1) is 74.0. The van der Waals surface area contributed by atoms with E-state index in [9.17, 15) is 105 Å². The molecule has 6 fully saturated rings. The maximum atomic E-state index is 13.1. The summed E-state index contributed by atoms with van der Waals surface area (Å²) in [5, 5.41) is 177. The van der Waals surface area contributed by atoms with Crippen LogP contribution < -0.4 is 16.8 Å². The Morgan fingerprint density at radius 1 is 0.477 bits per heavy atom. The van der Waals surface area contributed by atoms with Gasteiger partial charge in [0.05, 0.1) is 52.3 Å². The molecule has 5 aliphatic heterocycles. The highest BCUT2D eigenvalue weighted by Crippen LogP contribution is 2.48. The third-order valence-electron chi connectivity index (χ3n) is 14.9. The Balaban J connectivity index is 1.24. The first-order chi connectivity index (χ1) is 40.5. The smallest absolute Gasteiger partial charge is 0.394 e. The summed E-state index contributed by atoms with van der Waals surface area (Å²) in [6.45, 7) is -4.92. The number of hydrogen-bond acceptors (Lipinski definition) is 36. The Morgan fingerprint density at radius 2 is 0.953 bits per heavy atom. The normalized spacial score (nSPS) is 45.5. The van der Waals surface area contributed by atoms with Gasteiger partial charge in [-0.3, -0.25) is 22.9 Å². The molecule has 86 heavy (non-hydrogen) atoms. The van der Waals surface area contributed by atoms with Crippen LogP contribution in [0.2, 0.25) is 0 Å². The van der Waals surface area contributed by atoms with Crippen molar-refractivity contribution in [3.63, 3.8) is 0 Å². The molecule has 0 bridgehead atoms. The number of unbranched alkanes of at least 4 members (excludes halogenated alkanes) is 3. The number of thiol groups is 1. The van der Waals surface area contributed by atoms with Gasteiger partial charge in [-0.2, -0.15) is 12.6 Å². The van der Waals surface area contributed by atoms with Crippen molar-refractivity contribution in [3.8, 4) is 0 Å². The quantitative estimate of drug-likeness (QED) is 0.0180. The van der Waals surface area contributed by atoms with E-state index in [1.165, 1.54) is 0 Å². The van der Waals surface area contributed by atoms with Crippen LogP contribution in [0, 0.1) is 0 Å². The van der Waals surface area contributed by atoms with Gasteiger partial charge in [0.15, 0.2) is 31.5 Å². The molecule has 504 valence electrons. The second kappa shape index (κ2) is 33.2. The van der Waals surface area contributed by atoms with E-state index in [-0.39, 0.29) is 19.6 Å². The number of rotatable bonds is 30. The van der Waals surface area contributed by atoms with E-state index < -0.39 is 245 Å². The van der Waals surface area contributed by atoms with Crippen LogP contribution >= 0.6 is 28.3 Å². The van der Waals surface area contributed by atoms with Crippen LogP contribution in [0.3, 0.4) is 0 Å². The van der Waals surface area contributed by atoms with Gasteiger partial charge >= 0.3 is 15.6 Å². The summed E-state index contributed by atoms with van der Waals surface area (Å²) in [7, 11) is -9.99. The second-order valence-corrected chi connectivity index (χ2v) is 24.4. The number of carbonyl (C=O) groups excluding carboxylic acids is 1. The summed E-state index contributed by atoms with van der Waals surface area (Å²) < 4.78 is 104. The Labute approximate surface area is 495 Å². The number of phosphoric acid groups is 2. The molecule has 15 unspecified atom stereocenters. The summed E-state index contributed by atoms with van der Waals surface area (Å²) in [4.78, 5) is 33.0. The molecule has 23 N–H and O–H groups in total. The number of phosphoric ester groups is 2. The van der Waals surface area contributed by atoms with Gasteiger partial charge in [0.1, 0.15) is 146 Å². The Hall–Kier alpha value is -1.08. The molecule has 0 aromatic carbocycles. The maximum Gasteiger partial charge on any atom is 0.472 e. The third kappa shape index (κ3) is 18.2. The predicted molar refractivity (Wildman–Crippen MR) is 277 cm³/mol. The van der Waals surface area contributed by atoms with Crippen molar-refractivity contribution < 1.29 is 171 Å². The van der Waals surface area contributed by atoms with Crippen molar-refractivity contribution >= 4 is 34.2 Å². The molecule has 0 spiro atoms. The lowest BCUT2D eigenvalue weighted by molar-refractivity contribution is -0.369. The molecule has 41 heteroatoms. The van der Waals surface area contributed by atoms with Gasteiger partial charge in [0, 0.05) is 13.5 Å². The Morgan fingerprint density at radius 3 is 1.57 bits per heavy atom. The average Bonchev–Trinajstić information content (AvgIpc) is 1.56. The van der Waals surface area contributed by atoms with E-state index in [2.05, 4.69) is 22.5 Å². The second-order valence-electron chi connectivity index (χ2n) is 21.1. The van der Waals surface area contributed by atoms with Crippen LogP contribution in [0.5, 0.6) is 0 Å². The molecule has 6 aliphatic rings. The molecule has 1 aliphatic carbocycles. The first-order valence-corrected chi connectivity index (χ1v) is 31.0. The molecular formula is C45H83N3O35P2S. The molecular weight excluding hydrogens is 1240 g/mol. The highest BCUT2D eigenvalue weighted by Gasteiger charge is 2.59. The molecule has 1 amide bonds. The van der Waals surface area contributed by atoms with E-state index in [1.54, 1.807) is 0 Å². The van der Waals surface area contributed by atoms with E-state index in [1.807, 2.05) is 0 Å². The number of carbonyl (C=O) groups is 1. The van der Waals surface area contributed by atoms with Gasteiger partial charge in [-0.15, -0.1) is 0 Å². The van der Waals surface area contributed by atoms with Crippen molar-refractivity contribution in [1.29, 1.82) is 0 Å². The number of hydrogen-bond donors (Lipinski definition) is 22. The average molecular weight is 1320 g/mol. The van der Waals surface area contributed by atoms with Crippen LogP contribution in [0.1, 0.15) is 32.6 Å². The lowest BCUT2D eigenvalue weighted by Gasteiger charge is -2.48. The van der Waals surface area contributed by atoms with Crippen molar-refractivity contribution in [3.05, 3.63) is 0 Å². The monoisotopic (exact) mass is 1320 g/mol. The number of nitrogens with one attached hydrogen (secondary N) is 1. The van der Waals surface area contributed by atoms with Crippen molar-refractivity contribution in [2.45, 2.75) is 217 Å². The fraction of sp³-hybridized carbons (Fsp3) is 0.978. The van der Waals surface area contributed by atoms with Crippen molar-refractivity contribution in [1.82, 2.24) is 5.32 Å². The lowest BCUT2D eigenvalue weighted by Crippen LogP contribution is -2.69. The first-order valence-electron chi connectivity index (χ1n) is 27.3. The standard InChI is InChI=1S/C45H83N3O35P2S/c1-15(52)48-22-27(57)23(53)16(10-49)74-42(22)79-37-20(13-70-45-40(31(61)24(54)17(11-50)75-45)82-43-34(64)28(58)25(55)19(77-43)14-73-84(66,67)72-8-6-46)78-44(35(37)65)80-36-18(12-51)76-41(21(47)26(36)56)81-38-32(62)29(59)30(60)33(63)39(38)83-85(68,69)71-7-4-2-3-5-9-86/h16-45,49-51,53-65,86H,2-14,46-47H2,1H3,(H,48,52)(H,66,67)(H,68,69)/t16?,17?,18?,19?,20?,21?,22-,23-,24+,25+,26+,27?,28?,29?,30+,31?,32?,33-,34+,35?,36+,37+,38+,39?,40+,41+,42-,43+,44+,45-/m0/s1. The SMILES string of the molecule is CC(=O)N[C@H]1C(O)[C@@H](O)C(CO)O[C@H]1O[C@@H]1C(CO[C@H]2OC(CO)[C@@H](O)C(O)[C@H]2O[C@H]2OC(COP(=O)(O)OCCN)[C@@H](O)C(O)[C@H]2O)O[C@H](O[C@@H]2C(CO)O[C@H](O[C@@H]3C(O)C(O)[C@@H](O)[C@H](O)C3OP(=O)(O)OCCCCCCS)C(N)[C@H]2O)C1O. The fourth-order valence-electron chi connectivity index (χ4n) is 10.2. The highest BCUT2D eigenvalue weighted by atomic mass is 32.1. The summed E-state index contributed by atoms with van der Waals surface area (Å²) in [5.41, 5.74) is 11.7. The Bertz CT molecular complexity index is 2170. The molecule has 5 saturated heterocycles. The predicted octanol–water partition coefficient (Wildman–Crippen LogP) is -11.2. The van der Waals surface area contributed by atoms with Gasteiger partial charge in [0.25, 0.3) is 0 Å². The highest BCUT2D eigenvalue weighted by molar-refractivity contribution is 7.80. The third-order valence-corrected chi connectivity index (χ3v) is 17.2. The fourth-order valence-corrected chi connectivity index (χ4v) is 12.1. The van der Waals surface area contributed by atoms with Crippen LogP contribution in [0.15, 0.2) is 0 Å². The van der Waals surface area contributed by atoms with Gasteiger partial charge in [-0.1, -0.05) is 12.8 Å². The maximum absolute atomic E-state index is 13.1. The summed E-state index contributed by atoms with van der Waals surface area (Å²) in [6.07, 6.45) is -54.0. The van der Waals surface area contributed by atoms with E-state index in [4.69, 9.17) is 72.4 Å². The largest absolute Gasteiger partial charge is 0.472 e. The van der Waals surface area contributed by atoms with E-state index in [0.29, 0.717) is 12.2 Å². The molecule has 6 rings (SSSR count). The zero-order chi connectivity index (χ0) is 63.7. The number of nitrogens with two attached hydrogens (primary N) is 2. The van der Waals surface area contributed by atoms with Gasteiger partial charge in [-0.25, -0.2) is 9.13 Å². The summed E-state index contributed by atoms with van der Waals surface area (Å²) in [5.74, 6) is -0.202. The van der Waals surface area contributed by atoms with Gasteiger partial charge in [0.2, 0.25) is 5.91 Å². The molecule has 1 saturated carbocycles. The topological polar surface area (TPSA) is 609 Å². The molecule has 5 heterocycles. The lowest BCUT2D eigenvalue weighted by atomic mass is 9.84. The van der Waals surface area contributed by atoms with Crippen molar-refractivity contribution in [2.75, 3.05) is 58.5 Å². The van der Waals surface area contributed by atoms with Crippen LogP contribution in [-0.4, -0.2) is 340 Å². The van der Waals surface area contributed by atoms with Crippen LogP contribution in [0.25, 0.3) is 0 Å².